The van der Waals surface area contributed by atoms with Crippen LogP contribution in [0.4, 0.5) is 5.69 Å². The number of anilines is 1. The molecule has 0 spiro atoms. The van der Waals surface area contributed by atoms with Crippen molar-refractivity contribution in [2.24, 2.45) is 16.8 Å². The van der Waals surface area contributed by atoms with Crippen molar-refractivity contribution in [1.82, 2.24) is 4.90 Å². The number of hydrogen-bond donors (Lipinski definition) is 2. The third-order valence-corrected chi connectivity index (χ3v) is 8.11. The smallest absolute Gasteiger partial charge is 0.328 e. The summed E-state index contributed by atoms with van der Waals surface area (Å²) in [6.45, 7) is 1.56. The first kappa shape index (κ1) is 30.4. The standard InChI is InChI=1S/C33H35N3O4.Ni/c37-22-25-15-9-17-26(25)31(33(39)40)35-30(24-13-5-2-6-14-24)27-16-7-8-18-28(27)34-32(38)29-19-10-20-36(29)21-23-11-3-1-4-12-23;/h1-8,11-14,16,18,22,25-26,29,31H,9-10,15,17,19-21H2,(H,34,38)(H,39,40);. The van der Waals surface area contributed by atoms with Crippen molar-refractivity contribution in [2.75, 3.05) is 11.9 Å². The Balaban J connectivity index is 0.00000387. The Kier molecular flexibility index (Phi) is 10.6. The molecular weight excluding hydrogens is 561 g/mol. The SMILES string of the molecule is O=CC1CCCC1C(N=C(c1ccccc1)c1ccccc1NC(=O)C1CCCN1Cc1ccccc1)C(=O)O.[Ni]. The third kappa shape index (κ3) is 7.19. The number of rotatable bonds is 10. The summed E-state index contributed by atoms with van der Waals surface area (Å²) in [7, 11) is 0. The molecule has 1 aliphatic carbocycles. The van der Waals surface area contributed by atoms with E-state index in [1.807, 2.05) is 72.8 Å². The molecule has 4 unspecified atom stereocenters. The molecule has 1 saturated carbocycles. The molecule has 5 rings (SSSR count). The van der Waals surface area contributed by atoms with Gasteiger partial charge in [0.2, 0.25) is 5.91 Å². The molecule has 1 heterocycles. The number of amides is 1. The van der Waals surface area contributed by atoms with Gasteiger partial charge < -0.3 is 15.2 Å². The molecule has 216 valence electrons. The van der Waals surface area contributed by atoms with Crippen molar-refractivity contribution in [1.29, 1.82) is 0 Å². The number of carboxylic acid groups (broad SMARTS) is 1. The van der Waals surface area contributed by atoms with Gasteiger partial charge in [-0.1, -0.05) is 85.3 Å². The van der Waals surface area contributed by atoms with Crippen LogP contribution in [0.15, 0.2) is 89.9 Å². The minimum atomic E-state index is -1.06. The average Bonchev–Trinajstić information content (AvgIpc) is 3.65. The molecule has 3 aromatic rings. The second kappa shape index (κ2) is 14.3. The van der Waals surface area contributed by atoms with Crippen LogP contribution in [0.25, 0.3) is 0 Å². The fraction of sp³-hybridized carbons (Fsp3) is 0.333. The van der Waals surface area contributed by atoms with Gasteiger partial charge in [0.25, 0.3) is 0 Å². The molecule has 0 radical (unpaired) electrons. The molecular formula is C33H35N3NiO4. The van der Waals surface area contributed by atoms with E-state index < -0.39 is 12.0 Å². The maximum absolute atomic E-state index is 13.6. The zero-order valence-electron chi connectivity index (χ0n) is 22.8. The minimum Gasteiger partial charge on any atom is -0.480 e. The van der Waals surface area contributed by atoms with Crippen molar-refractivity contribution in [3.8, 4) is 0 Å². The Labute approximate surface area is 251 Å². The van der Waals surface area contributed by atoms with E-state index in [4.69, 9.17) is 4.99 Å². The van der Waals surface area contributed by atoms with Crippen LogP contribution in [0.1, 0.15) is 48.8 Å². The molecule has 0 aromatic heterocycles. The first-order valence-corrected chi connectivity index (χ1v) is 14.0. The van der Waals surface area contributed by atoms with Crippen LogP contribution in [0.5, 0.6) is 0 Å². The van der Waals surface area contributed by atoms with Gasteiger partial charge in [-0.25, -0.2) is 4.79 Å². The molecule has 0 bridgehead atoms. The van der Waals surface area contributed by atoms with Gasteiger partial charge in [-0.2, -0.15) is 0 Å². The van der Waals surface area contributed by atoms with Crippen LogP contribution < -0.4 is 5.32 Å². The van der Waals surface area contributed by atoms with E-state index in [-0.39, 0.29) is 40.3 Å². The molecule has 7 nitrogen and oxygen atoms in total. The Bertz CT molecular complexity index is 1370. The monoisotopic (exact) mass is 595 g/mol. The molecule has 3 aromatic carbocycles. The first-order chi connectivity index (χ1) is 19.5. The summed E-state index contributed by atoms with van der Waals surface area (Å²) in [5.41, 5.74) is 3.66. The van der Waals surface area contributed by atoms with Gasteiger partial charge >= 0.3 is 5.97 Å². The number of nitrogens with zero attached hydrogens (tertiary/aromatic N) is 2. The number of nitrogens with one attached hydrogen (secondary N) is 1. The summed E-state index contributed by atoms with van der Waals surface area (Å²) < 4.78 is 0. The number of carbonyl (C=O) groups is 3. The zero-order chi connectivity index (χ0) is 27.9. The van der Waals surface area contributed by atoms with Crippen LogP contribution in [0, 0.1) is 11.8 Å². The largest absolute Gasteiger partial charge is 0.480 e. The van der Waals surface area contributed by atoms with Crippen molar-refractivity contribution in [2.45, 2.75) is 50.7 Å². The van der Waals surface area contributed by atoms with E-state index >= 15 is 0 Å². The fourth-order valence-corrected chi connectivity index (χ4v) is 6.09. The van der Waals surface area contributed by atoms with Gasteiger partial charge in [0.05, 0.1) is 17.4 Å². The molecule has 1 aliphatic heterocycles. The van der Waals surface area contributed by atoms with Crippen molar-refractivity contribution in [3.63, 3.8) is 0 Å². The van der Waals surface area contributed by atoms with Gasteiger partial charge in [-0.05, 0) is 43.9 Å². The summed E-state index contributed by atoms with van der Waals surface area (Å²) in [5, 5.41) is 13.3. The van der Waals surface area contributed by atoms with Crippen molar-refractivity contribution < 1.29 is 36.0 Å². The second-order valence-corrected chi connectivity index (χ2v) is 10.7. The molecule has 4 atom stereocenters. The summed E-state index contributed by atoms with van der Waals surface area (Å²) in [6.07, 6.45) is 4.73. The summed E-state index contributed by atoms with van der Waals surface area (Å²) in [6, 6.07) is 25.7. The third-order valence-electron chi connectivity index (χ3n) is 8.11. The van der Waals surface area contributed by atoms with Gasteiger partial charge in [-0.15, -0.1) is 0 Å². The molecule has 1 amide bonds. The molecule has 2 N–H and O–H groups in total. The predicted octanol–water partition coefficient (Wildman–Crippen LogP) is 5.19. The van der Waals surface area contributed by atoms with Crippen LogP contribution >= 0.6 is 0 Å². The van der Waals surface area contributed by atoms with E-state index in [0.29, 0.717) is 36.3 Å². The fourth-order valence-electron chi connectivity index (χ4n) is 6.09. The van der Waals surface area contributed by atoms with E-state index in [0.717, 1.165) is 37.7 Å². The summed E-state index contributed by atoms with van der Waals surface area (Å²) in [4.78, 5) is 44.9. The number of carbonyl (C=O) groups excluding carboxylic acids is 2. The zero-order valence-corrected chi connectivity index (χ0v) is 23.8. The topological polar surface area (TPSA) is 99.1 Å². The van der Waals surface area contributed by atoms with Crippen LogP contribution in [0.2, 0.25) is 0 Å². The number of likely N-dealkylation sites (tertiary alicyclic amines) is 1. The maximum Gasteiger partial charge on any atom is 0.328 e. The number of hydrogen-bond acceptors (Lipinski definition) is 5. The van der Waals surface area contributed by atoms with Crippen LogP contribution in [-0.2, 0) is 37.4 Å². The second-order valence-electron chi connectivity index (χ2n) is 10.7. The van der Waals surface area contributed by atoms with E-state index in [9.17, 15) is 19.5 Å². The Morgan fingerprint density at radius 3 is 2.32 bits per heavy atom. The maximum atomic E-state index is 13.6. The van der Waals surface area contributed by atoms with Crippen LogP contribution in [0.3, 0.4) is 0 Å². The number of carboxylic acids is 1. The van der Waals surface area contributed by atoms with Gasteiger partial charge in [-0.3, -0.25) is 14.7 Å². The number of aldehydes is 1. The number of benzene rings is 3. The predicted molar refractivity (Wildman–Crippen MR) is 155 cm³/mol. The molecule has 1 saturated heterocycles. The van der Waals surface area contributed by atoms with Gasteiger partial charge in [0.1, 0.15) is 6.29 Å². The Morgan fingerprint density at radius 2 is 1.61 bits per heavy atom. The number of aliphatic carboxylic acids is 1. The van der Waals surface area contributed by atoms with Gasteiger partial charge in [0.15, 0.2) is 6.04 Å². The van der Waals surface area contributed by atoms with Crippen molar-refractivity contribution in [3.05, 3.63) is 102 Å². The van der Waals surface area contributed by atoms with E-state index in [2.05, 4.69) is 22.3 Å². The van der Waals surface area contributed by atoms with E-state index in [1.165, 1.54) is 5.56 Å². The first-order valence-electron chi connectivity index (χ1n) is 14.0. The minimum absolute atomic E-state index is 0. The summed E-state index contributed by atoms with van der Waals surface area (Å²) >= 11 is 0. The number of aliphatic imine (C=N–C) groups is 1. The van der Waals surface area contributed by atoms with Crippen molar-refractivity contribution >= 4 is 29.6 Å². The molecule has 41 heavy (non-hydrogen) atoms. The van der Waals surface area contributed by atoms with Gasteiger partial charge in [0, 0.05) is 46.0 Å². The van der Waals surface area contributed by atoms with Crippen LogP contribution in [-0.4, -0.2) is 52.5 Å². The Morgan fingerprint density at radius 1 is 0.927 bits per heavy atom. The van der Waals surface area contributed by atoms with E-state index in [1.54, 1.807) is 0 Å². The average molecular weight is 596 g/mol. The molecule has 8 heteroatoms. The molecule has 2 aliphatic rings. The quantitative estimate of drug-likeness (QED) is 0.191. The normalized spacial score (nSPS) is 21.6. The number of para-hydroxylation sites is 1. The molecule has 2 fully saturated rings. The summed E-state index contributed by atoms with van der Waals surface area (Å²) in [5.74, 6) is -1.81. The Hall–Kier alpha value is -3.61.